The van der Waals surface area contributed by atoms with E-state index in [0.717, 1.165) is 11.1 Å². The van der Waals surface area contributed by atoms with Crippen molar-refractivity contribution in [2.45, 2.75) is 12.5 Å². The van der Waals surface area contributed by atoms with Crippen LogP contribution < -0.4 is 10.6 Å². The first-order valence-electron chi connectivity index (χ1n) is 10.4. The summed E-state index contributed by atoms with van der Waals surface area (Å²) in [5.74, 6) is -0.725. The number of hydrogen-bond donors (Lipinski definition) is 3. The van der Waals surface area contributed by atoms with Crippen molar-refractivity contribution in [1.82, 2.24) is 9.97 Å². The average Bonchev–Trinajstić information content (AvgIpc) is 2.85. The summed E-state index contributed by atoms with van der Waals surface area (Å²) in [6.45, 7) is 0. The van der Waals surface area contributed by atoms with Crippen molar-refractivity contribution < 1.29 is 14.7 Å². The zero-order chi connectivity index (χ0) is 23.0. The molecule has 0 spiro atoms. The van der Waals surface area contributed by atoms with Gasteiger partial charge in [-0.05, 0) is 29.8 Å². The van der Waals surface area contributed by atoms with Crippen molar-refractivity contribution in [2.24, 2.45) is 0 Å². The summed E-state index contributed by atoms with van der Waals surface area (Å²) < 4.78 is 0. The molecular formula is C26H22N4O3. The fraction of sp³-hybridized carbons (Fsp3) is 0.0769. The number of anilines is 2. The van der Waals surface area contributed by atoms with E-state index in [1.807, 2.05) is 60.7 Å². The van der Waals surface area contributed by atoms with E-state index >= 15 is 0 Å². The second-order valence-corrected chi connectivity index (χ2v) is 7.41. The van der Waals surface area contributed by atoms with Crippen molar-refractivity contribution in [2.75, 3.05) is 10.6 Å². The Morgan fingerprint density at radius 1 is 0.848 bits per heavy atom. The van der Waals surface area contributed by atoms with Crippen molar-refractivity contribution in [3.63, 3.8) is 0 Å². The fourth-order valence-electron chi connectivity index (χ4n) is 3.34. The monoisotopic (exact) mass is 438 g/mol. The molecular weight excluding hydrogens is 416 g/mol. The molecule has 3 aromatic carbocycles. The first-order chi connectivity index (χ1) is 16.1. The minimum atomic E-state index is -0.961. The molecule has 1 heterocycles. The summed E-state index contributed by atoms with van der Waals surface area (Å²) in [6.07, 6.45) is 1.72. The zero-order valence-electron chi connectivity index (χ0n) is 17.7. The van der Waals surface area contributed by atoms with Gasteiger partial charge in [-0.2, -0.15) is 0 Å². The first kappa shape index (κ1) is 21.7. The zero-order valence-corrected chi connectivity index (χ0v) is 17.7. The van der Waals surface area contributed by atoms with E-state index in [9.17, 15) is 14.7 Å². The number of nitrogens with zero attached hydrogens (tertiary/aromatic N) is 2. The number of carbonyl (C=O) groups is 2. The third-order valence-corrected chi connectivity index (χ3v) is 5.04. The Morgan fingerprint density at radius 3 is 2.18 bits per heavy atom. The molecule has 0 fully saturated rings. The lowest BCUT2D eigenvalue weighted by Gasteiger charge is -2.15. The first-order valence-corrected chi connectivity index (χ1v) is 10.4. The third-order valence-electron chi connectivity index (χ3n) is 5.04. The van der Waals surface area contributed by atoms with Gasteiger partial charge in [0.2, 0.25) is 0 Å². The Hall–Kier alpha value is -4.52. The number of benzene rings is 3. The molecule has 1 amide bonds. The van der Waals surface area contributed by atoms with Gasteiger partial charge < -0.3 is 15.7 Å². The van der Waals surface area contributed by atoms with Gasteiger partial charge in [-0.3, -0.25) is 4.79 Å². The molecule has 1 aromatic heterocycles. The number of aromatic nitrogens is 2. The number of aliphatic carboxylic acids is 1. The van der Waals surface area contributed by atoms with Crippen LogP contribution >= 0.6 is 0 Å². The lowest BCUT2D eigenvalue weighted by atomic mass is 10.1. The summed E-state index contributed by atoms with van der Waals surface area (Å²) in [5.41, 5.74) is 3.61. The number of amides is 1. The molecule has 0 bridgehead atoms. The SMILES string of the molecule is O=C(Nc1ccc(-c2cc(N[C@@H](Cc3ccccc3)C(=O)O)ncn2)cc1)c1ccccc1. The molecule has 7 heteroatoms. The Labute approximate surface area is 191 Å². The van der Waals surface area contributed by atoms with Gasteiger partial charge in [0.05, 0.1) is 5.69 Å². The maximum Gasteiger partial charge on any atom is 0.326 e. The van der Waals surface area contributed by atoms with E-state index < -0.39 is 12.0 Å². The highest BCUT2D eigenvalue weighted by atomic mass is 16.4. The van der Waals surface area contributed by atoms with Crippen LogP contribution in [0.5, 0.6) is 0 Å². The van der Waals surface area contributed by atoms with Gasteiger partial charge in [0.25, 0.3) is 5.91 Å². The number of hydrogen-bond acceptors (Lipinski definition) is 5. The third kappa shape index (κ3) is 5.80. The number of carboxylic acids is 1. The summed E-state index contributed by atoms with van der Waals surface area (Å²) >= 11 is 0. The highest BCUT2D eigenvalue weighted by molar-refractivity contribution is 6.04. The van der Waals surface area contributed by atoms with E-state index in [4.69, 9.17) is 0 Å². The van der Waals surface area contributed by atoms with E-state index in [-0.39, 0.29) is 5.91 Å². The van der Waals surface area contributed by atoms with Crippen LogP contribution in [-0.4, -0.2) is 33.0 Å². The topological polar surface area (TPSA) is 104 Å². The minimum Gasteiger partial charge on any atom is -0.480 e. The van der Waals surface area contributed by atoms with Crippen molar-refractivity contribution in [3.8, 4) is 11.3 Å². The average molecular weight is 438 g/mol. The normalized spacial score (nSPS) is 11.4. The van der Waals surface area contributed by atoms with Gasteiger partial charge in [0, 0.05) is 29.3 Å². The second kappa shape index (κ2) is 10.2. The van der Waals surface area contributed by atoms with Crippen LogP contribution in [-0.2, 0) is 11.2 Å². The van der Waals surface area contributed by atoms with Crippen LogP contribution in [0, 0.1) is 0 Å². The summed E-state index contributed by atoms with van der Waals surface area (Å²) in [4.78, 5) is 32.5. The Balaban J connectivity index is 1.45. The molecule has 0 radical (unpaired) electrons. The van der Waals surface area contributed by atoms with E-state index in [2.05, 4.69) is 20.6 Å². The fourth-order valence-corrected chi connectivity index (χ4v) is 3.34. The molecule has 164 valence electrons. The van der Waals surface area contributed by atoms with E-state index in [1.165, 1.54) is 6.33 Å². The maximum atomic E-state index is 12.3. The molecule has 0 aliphatic carbocycles. The smallest absolute Gasteiger partial charge is 0.326 e. The molecule has 1 atom stereocenters. The lowest BCUT2D eigenvalue weighted by Crippen LogP contribution is -2.31. The molecule has 3 N–H and O–H groups in total. The molecule has 0 saturated heterocycles. The highest BCUT2D eigenvalue weighted by Gasteiger charge is 2.18. The largest absolute Gasteiger partial charge is 0.480 e. The molecule has 0 aliphatic heterocycles. The summed E-state index contributed by atoms with van der Waals surface area (Å²) in [6, 6.07) is 26.6. The van der Waals surface area contributed by atoms with Crippen LogP contribution in [0.25, 0.3) is 11.3 Å². The van der Waals surface area contributed by atoms with Gasteiger partial charge in [-0.15, -0.1) is 0 Å². The molecule has 7 nitrogen and oxygen atoms in total. The molecule has 4 aromatic rings. The second-order valence-electron chi connectivity index (χ2n) is 7.41. The standard InChI is InChI=1S/C26H22N4O3/c31-25(20-9-5-2-6-10-20)29-21-13-11-19(12-14-21)22-16-24(28-17-27-22)30-23(26(32)33)15-18-7-3-1-4-8-18/h1-14,16-17,23H,15H2,(H,29,31)(H,32,33)(H,27,28,30)/t23-/m0/s1. The van der Waals surface area contributed by atoms with Gasteiger partial charge >= 0.3 is 5.97 Å². The molecule has 0 aliphatic rings. The lowest BCUT2D eigenvalue weighted by molar-refractivity contribution is -0.137. The van der Waals surface area contributed by atoms with Crippen LogP contribution in [0.4, 0.5) is 11.5 Å². The number of nitrogens with one attached hydrogen (secondary N) is 2. The van der Waals surface area contributed by atoms with Crippen molar-refractivity contribution in [3.05, 3.63) is 108 Å². The predicted octanol–water partition coefficient (Wildman–Crippen LogP) is 4.50. The Kier molecular flexibility index (Phi) is 6.70. The van der Waals surface area contributed by atoms with Crippen molar-refractivity contribution >= 4 is 23.4 Å². The molecule has 4 rings (SSSR count). The number of carboxylic acid groups (broad SMARTS) is 1. The van der Waals surface area contributed by atoms with Crippen LogP contribution in [0.15, 0.2) is 97.3 Å². The van der Waals surface area contributed by atoms with Gasteiger partial charge in [-0.1, -0.05) is 60.7 Å². The summed E-state index contributed by atoms with van der Waals surface area (Å²) in [5, 5.41) is 15.5. The Bertz CT molecular complexity index is 1230. The van der Waals surface area contributed by atoms with Crippen LogP contribution in [0.1, 0.15) is 15.9 Å². The van der Waals surface area contributed by atoms with Crippen LogP contribution in [0.2, 0.25) is 0 Å². The quantitative estimate of drug-likeness (QED) is 0.374. The molecule has 0 saturated carbocycles. The number of rotatable bonds is 8. The predicted molar refractivity (Wildman–Crippen MR) is 127 cm³/mol. The minimum absolute atomic E-state index is 0.185. The van der Waals surface area contributed by atoms with Gasteiger partial charge in [0.1, 0.15) is 18.2 Å². The van der Waals surface area contributed by atoms with E-state index in [1.54, 1.807) is 30.3 Å². The maximum absolute atomic E-state index is 12.3. The Morgan fingerprint density at radius 2 is 1.52 bits per heavy atom. The van der Waals surface area contributed by atoms with Crippen LogP contribution in [0.3, 0.4) is 0 Å². The van der Waals surface area contributed by atoms with Gasteiger partial charge in [-0.25, -0.2) is 14.8 Å². The molecule has 0 unspecified atom stereocenters. The summed E-state index contributed by atoms with van der Waals surface area (Å²) in [7, 11) is 0. The number of carbonyl (C=O) groups excluding carboxylic acids is 1. The highest BCUT2D eigenvalue weighted by Crippen LogP contribution is 2.22. The van der Waals surface area contributed by atoms with Crippen molar-refractivity contribution in [1.29, 1.82) is 0 Å². The van der Waals surface area contributed by atoms with E-state index in [0.29, 0.717) is 29.2 Å². The van der Waals surface area contributed by atoms with Gasteiger partial charge in [0.15, 0.2) is 0 Å². The molecule has 33 heavy (non-hydrogen) atoms.